The normalized spacial score (nSPS) is 15.9. The molecule has 0 amide bonds. The third kappa shape index (κ3) is 1.57. The third-order valence-electron chi connectivity index (χ3n) is 2.57. The van der Waals surface area contributed by atoms with Crippen molar-refractivity contribution in [2.24, 2.45) is 0 Å². The summed E-state index contributed by atoms with van der Waals surface area (Å²) in [5, 5.41) is 1.13. The zero-order chi connectivity index (χ0) is 10.4. The fraction of sp³-hybridized carbons (Fsp3) is 0.273. The summed E-state index contributed by atoms with van der Waals surface area (Å²) in [6.07, 6.45) is 2.22. The number of benzene rings is 1. The van der Waals surface area contributed by atoms with Gasteiger partial charge in [-0.15, -0.1) is 0 Å². The lowest BCUT2D eigenvalue weighted by Crippen LogP contribution is -1.94. The molecule has 0 radical (unpaired) electrons. The minimum absolute atomic E-state index is 0.293. The highest BCUT2D eigenvalue weighted by Gasteiger charge is 2.27. The molecule has 1 heterocycles. The van der Waals surface area contributed by atoms with Gasteiger partial charge in [-0.05, 0) is 25.0 Å². The van der Waals surface area contributed by atoms with E-state index in [1.165, 1.54) is 12.1 Å². The van der Waals surface area contributed by atoms with Gasteiger partial charge in [-0.25, -0.2) is 14.4 Å². The van der Waals surface area contributed by atoms with Gasteiger partial charge in [-0.2, -0.15) is 0 Å². The van der Waals surface area contributed by atoms with Crippen molar-refractivity contribution in [2.45, 2.75) is 18.8 Å². The van der Waals surface area contributed by atoms with Gasteiger partial charge in [-0.3, -0.25) is 0 Å². The molecule has 0 unspecified atom stereocenters. The largest absolute Gasteiger partial charge is 0.232 e. The molecule has 76 valence electrons. The van der Waals surface area contributed by atoms with E-state index in [0.29, 0.717) is 22.0 Å². The first kappa shape index (κ1) is 9.04. The second kappa shape index (κ2) is 3.14. The van der Waals surface area contributed by atoms with E-state index in [0.717, 1.165) is 18.7 Å². The highest BCUT2D eigenvalue weighted by Crippen LogP contribution is 2.39. The average Bonchev–Trinajstić information content (AvgIpc) is 2.99. The Morgan fingerprint density at radius 2 is 2.07 bits per heavy atom. The topological polar surface area (TPSA) is 25.8 Å². The minimum Gasteiger partial charge on any atom is -0.232 e. The van der Waals surface area contributed by atoms with Crippen LogP contribution in [0.2, 0.25) is 5.15 Å². The molecule has 1 saturated carbocycles. The van der Waals surface area contributed by atoms with E-state index in [-0.39, 0.29) is 5.82 Å². The lowest BCUT2D eigenvalue weighted by Gasteiger charge is -2.02. The Labute approximate surface area is 91.1 Å². The van der Waals surface area contributed by atoms with Crippen LogP contribution < -0.4 is 0 Å². The molecule has 0 spiro atoms. The average molecular weight is 223 g/mol. The molecule has 3 rings (SSSR count). The summed E-state index contributed by atoms with van der Waals surface area (Å²) < 4.78 is 13.0. The number of aromatic nitrogens is 2. The Balaban J connectivity index is 2.27. The summed E-state index contributed by atoms with van der Waals surface area (Å²) in [5.41, 5.74) is 0.594. The monoisotopic (exact) mass is 222 g/mol. The quantitative estimate of drug-likeness (QED) is 0.692. The molecule has 2 nitrogen and oxygen atoms in total. The first-order valence-electron chi connectivity index (χ1n) is 4.87. The zero-order valence-electron chi connectivity index (χ0n) is 7.87. The number of nitrogens with zero attached hydrogens (tertiary/aromatic N) is 2. The summed E-state index contributed by atoms with van der Waals surface area (Å²) in [4.78, 5) is 8.55. The molecule has 4 heteroatoms. The van der Waals surface area contributed by atoms with Crippen LogP contribution in [0.15, 0.2) is 18.2 Å². The van der Waals surface area contributed by atoms with Crippen LogP contribution >= 0.6 is 11.6 Å². The molecule has 1 aliphatic carbocycles. The molecule has 1 aliphatic rings. The van der Waals surface area contributed by atoms with Crippen LogP contribution in [0.5, 0.6) is 0 Å². The molecule has 1 aromatic carbocycles. The summed E-state index contributed by atoms with van der Waals surface area (Å²) in [6.45, 7) is 0. The maximum Gasteiger partial charge on any atom is 0.140 e. The van der Waals surface area contributed by atoms with E-state index in [4.69, 9.17) is 11.6 Å². The van der Waals surface area contributed by atoms with Crippen LogP contribution in [0.3, 0.4) is 0 Å². The maximum atomic E-state index is 13.0. The number of halogens is 2. The van der Waals surface area contributed by atoms with Gasteiger partial charge in [0.25, 0.3) is 0 Å². The van der Waals surface area contributed by atoms with Gasteiger partial charge in [0.2, 0.25) is 0 Å². The zero-order valence-corrected chi connectivity index (χ0v) is 8.63. The fourth-order valence-corrected chi connectivity index (χ4v) is 1.85. The first-order valence-corrected chi connectivity index (χ1v) is 5.24. The van der Waals surface area contributed by atoms with E-state index in [1.54, 1.807) is 6.07 Å². The number of rotatable bonds is 1. The summed E-state index contributed by atoms with van der Waals surface area (Å²) >= 11 is 6.01. The van der Waals surface area contributed by atoms with Gasteiger partial charge in [0.15, 0.2) is 0 Å². The van der Waals surface area contributed by atoms with Crippen molar-refractivity contribution in [2.75, 3.05) is 0 Å². The standard InChI is InChI=1S/C11H8ClFN2/c12-10-8-4-3-7(13)5-9(8)14-11(15-10)6-1-2-6/h3-6H,1-2H2. The van der Waals surface area contributed by atoms with Crippen molar-refractivity contribution in [1.29, 1.82) is 0 Å². The third-order valence-corrected chi connectivity index (χ3v) is 2.86. The predicted octanol–water partition coefficient (Wildman–Crippen LogP) is 3.30. The Bertz CT molecular complexity index is 537. The molecular weight excluding hydrogens is 215 g/mol. The second-order valence-corrected chi connectivity index (χ2v) is 4.17. The molecule has 15 heavy (non-hydrogen) atoms. The van der Waals surface area contributed by atoms with Crippen LogP contribution in [-0.4, -0.2) is 9.97 Å². The van der Waals surface area contributed by atoms with Gasteiger partial charge < -0.3 is 0 Å². The van der Waals surface area contributed by atoms with Crippen molar-refractivity contribution in [3.05, 3.63) is 35.0 Å². The lowest BCUT2D eigenvalue weighted by molar-refractivity contribution is 0.629. The van der Waals surface area contributed by atoms with Crippen LogP contribution in [0, 0.1) is 5.82 Å². The van der Waals surface area contributed by atoms with E-state index >= 15 is 0 Å². The minimum atomic E-state index is -0.293. The molecular formula is C11H8ClFN2. The lowest BCUT2D eigenvalue weighted by atomic mass is 10.2. The van der Waals surface area contributed by atoms with Crippen molar-refractivity contribution in [1.82, 2.24) is 9.97 Å². The van der Waals surface area contributed by atoms with Crippen LogP contribution in [0.25, 0.3) is 10.9 Å². The highest BCUT2D eigenvalue weighted by atomic mass is 35.5. The number of hydrogen-bond acceptors (Lipinski definition) is 2. The molecule has 0 N–H and O–H groups in total. The molecule has 0 saturated heterocycles. The highest BCUT2D eigenvalue weighted by molar-refractivity contribution is 6.34. The number of fused-ring (bicyclic) bond motifs is 1. The molecule has 0 atom stereocenters. The Kier molecular flexibility index (Phi) is 1.89. The summed E-state index contributed by atoms with van der Waals surface area (Å²) in [7, 11) is 0. The molecule has 0 bridgehead atoms. The molecule has 1 aromatic heterocycles. The van der Waals surface area contributed by atoms with Gasteiger partial charge >= 0.3 is 0 Å². The van der Waals surface area contributed by atoms with Crippen LogP contribution in [0.1, 0.15) is 24.6 Å². The summed E-state index contributed by atoms with van der Waals surface area (Å²) in [5.74, 6) is 0.882. The Morgan fingerprint density at radius 1 is 1.27 bits per heavy atom. The van der Waals surface area contributed by atoms with Crippen molar-refractivity contribution in [3.63, 3.8) is 0 Å². The van der Waals surface area contributed by atoms with Gasteiger partial charge in [0.1, 0.15) is 16.8 Å². The molecule has 1 fully saturated rings. The first-order chi connectivity index (χ1) is 7.24. The van der Waals surface area contributed by atoms with Gasteiger partial charge in [0.05, 0.1) is 5.52 Å². The Hall–Kier alpha value is -1.22. The van der Waals surface area contributed by atoms with E-state index in [1.807, 2.05) is 0 Å². The number of hydrogen-bond donors (Lipinski definition) is 0. The maximum absolute atomic E-state index is 13.0. The molecule has 2 aromatic rings. The van der Waals surface area contributed by atoms with E-state index < -0.39 is 0 Å². The van der Waals surface area contributed by atoms with Crippen molar-refractivity contribution < 1.29 is 4.39 Å². The fourth-order valence-electron chi connectivity index (χ4n) is 1.61. The SMILES string of the molecule is Fc1ccc2c(Cl)nc(C3CC3)nc2c1. The Morgan fingerprint density at radius 3 is 2.80 bits per heavy atom. The van der Waals surface area contributed by atoms with E-state index in [2.05, 4.69) is 9.97 Å². The van der Waals surface area contributed by atoms with Crippen molar-refractivity contribution >= 4 is 22.5 Å². The smallest absolute Gasteiger partial charge is 0.140 e. The predicted molar refractivity (Wildman–Crippen MR) is 56.5 cm³/mol. The van der Waals surface area contributed by atoms with Crippen LogP contribution in [0.4, 0.5) is 4.39 Å². The van der Waals surface area contributed by atoms with E-state index in [9.17, 15) is 4.39 Å². The molecule has 0 aliphatic heterocycles. The summed E-state index contributed by atoms with van der Waals surface area (Å²) in [6, 6.07) is 4.38. The van der Waals surface area contributed by atoms with Crippen LogP contribution in [-0.2, 0) is 0 Å². The van der Waals surface area contributed by atoms with Crippen molar-refractivity contribution in [3.8, 4) is 0 Å². The second-order valence-electron chi connectivity index (χ2n) is 3.81. The van der Waals surface area contributed by atoms with Gasteiger partial charge in [-0.1, -0.05) is 11.6 Å². The van der Waals surface area contributed by atoms with Gasteiger partial charge in [0, 0.05) is 17.4 Å².